The average molecular weight is 481 g/mol. The molecule has 34 heavy (non-hydrogen) atoms. The Morgan fingerprint density at radius 2 is 1.65 bits per heavy atom. The summed E-state index contributed by atoms with van der Waals surface area (Å²) in [6.45, 7) is 0.558. The van der Waals surface area contributed by atoms with E-state index in [1.165, 1.54) is 18.2 Å². The van der Waals surface area contributed by atoms with Crippen LogP contribution in [0, 0.1) is 5.82 Å². The lowest BCUT2D eigenvalue weighted by Gasteiger charge is -2.42. The van der Waals surface area contributed by atoms with Gasteiger partial charge >= 0.3 is 6.18 Å². The summed E-state index contributed by atoms with van der Waals surface area (Å²) in [5, 5.41) is 20.0. The molecule has 2 N–H and O–H groups in total. The van der Waals surface area contributed by atoms with Gasteiger partial charge in [0.05, 0.1) is 12.8 Å². The first-order chi connectivity index (χ1) is 16.0. The van der Waals surface area contributed by atoms with Crippen molar-refractivity contribution in [2.45, 2.75) is 74.7 Å². The van der Waals surface area contributed by atoms with E-state index in [9.17, 15) is 32.6 Å². The van der Waals surface area contributed by atoms with Crippen molar-refractivity contribution in [2.75, 3.05) is 6.61 Å². The van der Waals surface area contributed by atoms with Crippen LogP contribution in [0.4, 0.5) is 17.6 Å². The van der Waals surface area contributed by atoms with Crippen molar-refractivity contribution in [3.8, 4) is 0 Å². The second kappa shape index (κ2) is 8.92. The van der Waals surface area contributed by atoms with E-state index in [1.54, 1.807) is 6.07 Å². The summed E-state index contributed by atoms with van der Waals surface area (Å²) in [4.78, 5) is 19.4. The number of nitrogens with zero attached hydrogens (tertiary/aromatic N) is 2. The summed E-state index contributed by atoms with van der Waals surface area (Å²) in [7, 11) is 0. The van der Waals surface area contributed by atoms with Crippen molar-refractivity contribution >= 4 is 5.91 Å². The standard InChI is InChI=1S/C25H28F4N2O3/c1-23(34,25(27,28)29)17-4-2-16(3-5-17)22(33)31(19-7-8-19)20-10-12-24(15-32,13-11-20)21-9-6-18(26)14-30-21/h2-6,9,14,19-20,32,34H,7-8,10-13,15H2,1H3/t20-,23-,24-/m0/s1. The van der Waals surface area contributed by atoms with E-state index >= 15 is 0 Å². The van der Waals surface area contributed by atoms with E-state index in [4.69, 9.17) is 0 Å². The lowest BCUT2D eigenvalue weighted by atomic mass is 9.70. The maximum absolute atomic E-state index is 13.4. The highest BCUT2D eigenvalue weighted by Gasteiger charge is 2.51. The van der Waals surface area contributed by atoms with Crippen molar-refractivity contribution in [3.05, 3.63) is 65.2 Å². The fraction of sp³-hybridized carbons (Fsp3) is 0.520. The average Bonchev–Trinajstić information content (AvgIpc) is 3.65. The van der Waals surface area contributed by atoms with Gasteiger partial charge in [0.1, 0.15) is 5.82 Å². The zero-order chi connectivity index (χ0) is 24.7. The van der Waals surface area contributed by atoms with Crippen LogP contribution in [0.2, 0.25) is 0 Å². The molecule has 1 heterocycles. The van der Waals surface area contributed by atoms with Gasteiger partial charge in [0.15, 0.2) is 5.60 Å². The summed E-state index contributed by atoms with van der Waals surface area (Å²) >= 11 is 0. The molecule has 0 radical (unpaired) electrons. The Bertz CT molecular complexity index is 1010. The molecule has 0 unspecified atom stereocenters. The number of pyridine rings is 1. The van der Waals surface area contributed by atoms with Gasteiger partial charge in [0.25, 0.3) is 5.91 Å². The van der Waals surface area contributed by atoms with Gasteiger partial charge in [-0.3, -0.25) is 9.78 Å². The molecule has 2 fully saturated rings. The number of hydrogen-bond donors (Lipinski definition) is 2. The molecule has 0 saturated heterocycles. The van der Waals surface area contributed by atoms with Crippen molar-refractivity contribution in [1.82, 2.24) is 9.88 Å². The van der Waals surface area contributed by atoms with Gasteiger partial charge in [-0.25, -0.2) is 4.39 Å². The first-order valence-electron chi connectivity index (χ1n) is 11.4. The number of halogens is 4. The molecule has 2 saturated carbocycles. The topological polar surface area (TPSA) is 73.7 Å². The molecule has 0 aliphatic heterocycles. The Morgan fingerprint density at radius 3 is 2.12 bits per heavy atom. The minimum Gasteiger partial charge on any atom is -0.395 e. The van der Waals surface area contributed by atoms with Crippen LogP contribution in [0.3, 0.4) is 0 Å². The third-order valence-corrected chi connectivity index (χ3v) is 7.30. The van der Waals surface area contributed by atoms with Gasteiger partial charge in [-0.05, 0) is 75.3 Å². The first-order valence-corrected chi connectivity index (χ1v) is 11.4. The Balaban J connectivity index is 1.50. The number of amides is 1. The molecule has 9 heteroatoms. The number of aromatic nitrogens is 1. The number of benzene rings is 1. The predicted octanol–water partition coefficient (Wildman–Crippen LogP) is 4.47. The van der Waals surface area contributed by atoms with E-state index in [0.717, 1.165) is 31.2 Å². The van der Waals surface area contributed by atoms with Crippen molar-refractivity contribution < 1.29 is 32.6 Å². The van der Waals surface area contributed by atoms with Crippen molar-refractivity contribution in [3.63, 3.8) is 0 Å². The summed E-state index contributed by atoms with van der Waals surface area (Å²) in [5.74, 6) is -0.694. The Morgan fingerprint density at radius 1 is 1.06 bits per heavy atom. The number of aliphatic hydroxyl groups excluding tert-OH is 1. The summed E-state index contributed by atoms with van der Waals surface area (Å²) < 4.78 is 52.7. The zero-order valence-corrected chi connectivity index (χ0v) is 18.9. The van der Waals surface area contributed by atoms with Crippen LogP contribution < -0.4 is 0 Å². The normalized spacial score (nSPS) is 25.0. The van der Waals surface area contributed by atoms with Crippen molar-refractivity contribution in [2.24, 2.45) is 0 Å². The second-order valence-corrected chi connectivity index (χ2v) is 9.62. The Kier molecular flexibility index (Phi) is 6.46. The van der Waals surface area contributed by atoms with Gasteiger partial charge in [-0.1, -0.05) is 12.1 Å². The minimum absolute atomic E-state index is 0.0712. The summed E-state index contributed by atoms with van der Waals surface area (Å²) in [5.41, 5.74) is -3.02. The zero-order valence-electron chi connectivity index (χ0n) is 18.9. The molecule has 0 spiro atoms. The number of carbonyl (C=O) groups is 1. The highest BCUT2D eigenvalue weighted by Crippen LogP contribution is 2.43. The van der Waals surface area contributed by atoms with E-state index in [1.807, 2.05) is 4.90 Å². The Hall–Kier alpha value is -2.52. The molecule has 5 nitrogen and oxygen atoms in total. The van der Waals surface area contributed by atoms with Crippen LogP contribution in [-0.4, -0.2) is 50.9 Å². The molecule has 1 aromatic carbocycles. The molecule has 1 amide bonds. The number of carbonyl (C=O) groups excluding carboxylic acids is 1. The smallest absolute Gasteiger partial charge is 0.395 e. The highest BCUT2D eigenvalue weighted by atomic mass is 19.4. The molecule has 0 bridgehead atoms. The molecular formula is C25H28F4N2O3. The fourth-order valence-corrected chi connectivity index (χ4v) is 4.85. The van der Waals surface area contributed by atoms with E-state index in [-0.39, 0.29) is 35.7 Å². The van der Waals surface area contributed by atoms with Crippen molar-refractivity contribution in [1.29, 1.82) is 0 Å². The van der Waals surface area contributed by atoms with E-state index in [0.29, 0.717) is 38.3 Å². The SMILES string of the molecule is C[C@](O)(c1ccc(C(=O)N(C2CC2)[C@H]2CC[C@](CO)(c3ccc(F)cn3)CC2)cc1)C(F)(F)F. The largest absolute Gasteiger partial charge is 0.421 e. The molecule has 184 valence electrons. The van der Waals surface area contributed by atoms with Gasteiger partial charge in [0.2, 0.25) is 0 Å². The second-order valence-electron chi connectivity index (χ2n) is 9.62. The number of aliphatic hydroxyl groups is 2. The third-order valence-electron chi connectivity index (χ3n) is 7.30. The van der Waals surface area contributed by atoms with E-state index in [2.05, 4.69) is 4.98 Å². The maximum atomic E-state index is 13.4. The third kappa shape index (κ3) is 4.55. The van der Waals surface area contributed by atoms with E-state index < -0.39 is 23.0 Å². The molecule has 2 aromatic rings. The maximum Gasteiger partial charge on any atom is 0.421 e. The molecule has 2 aliphatic carbocycles. The summed E-state index contributed by atoms with van der Waals surface area (Å²) in [6, 6.07) is 7.87. The highest BCUT2D eigenvalue weighted by molar-refractivity contribution is 5.95. The van der Waals surface area contributed by atoms with Gasteiger partial charge in [-0.2, -0.15) is 13.2 Å². The number of rotatable bonds is 6. The molecule has 1 atom stereocenters. The number of hydrogen-bond acceptors (Lipinski definition) is 4. The molecule has 2 aliphatic rings. The minimum atomic E-state index is -4.83. The monoisotopic (exact) mass is 480 g/mol. The lowest BCUT2D eigenvalue weighted by Crippen LogP contribution is -2.47. The quantitative estimate of drug-likeness (QED) is 0.599. The van der Waals surface area contributed by atoms with Gasteiger partial charge in [-0.15, -0.1) is 0 Å². The van der Waals surface area contributed by atoms with Crippen LogP contribution in [0.15, 0.2) is 42.6 Å². The molecule has 1 aromatic heterocycles. The number of alkyl halides is 3. The molecule has 4 rings (SSSR count). The van der Waals surface area contributed by atoms with Crippen LogP contribution in [0.1, 0.15) is 67.1 Å². The van der Waals surface area contributed by atoms with Gasteiger partial charge in [0, 0.05) is 28.8 Å². The fourth-order valence-electron chi connectivity index (χ4n) is 4.85. The molecular weight excluding hydrogens is 452 g/mol. The van der Waals surface area contributed by atoms with Crippen LogP contribution in [-0.2, 0) is 11.0 Å². The Labute approximate surface area is 195 Å². The van der Waals surface area contributed by atoms with Crippen LogP contribution >= 0.6 is 0 Å². The van der Waals surface area contributed by atoms with Crippen LogP contribution in [0.5, 0.6) is 0 Å². The lowest BCUT2D eigenvalue weighted by molar-refractivity contribution is -0.258. The summed E-state index contributed by atoms with van der Waals surface area (Å²) in [6.07, 6.45) is 0.457. The van der Waals surface area contributed by atoms with Gasteiger partial charge < -0.3 is 15.1 Å². The first kappa shape index (κ1) is 24.6. The van der Waals surface area contributed by atoms with Crippen LogP contribution in [0.25, 0.3) is 0 Å². The predicted molar refractivity (Wildman–Crippen MR) is 116 cm³/mol.